The Morgan fingerprint density at radius 3 is 2.65 bits per heavy atom. The highest BCUT2D eigenvalue weighted by Crippen LogP contribution is 2.63. The second-order valence-electron chi connectivity index (χ2n) is 5.34. The van der Waals surface area contributed by atoms with Crippen LogP contribution in [0.15, 0.2) is 12.1 Å². The lowest BCUT2D eigenvalue weighted by Crippen LogP contribution is -2.10. The van der Waals surface area contributed by atoms with Crippen molar-refractivity contribution < 1.29 is 9.53 Å². The summed E-state index contributed by atoms with van der Waals surface area (Å²) in [5.41, 5.74) is 7.78. The van der Waals surface area contributed by atoms with Crippen molar-refractivity contribution in [3.8, 4) is 0 Å². The third kappa shape index (κ3) is 1.67. The first-order chi connectivity index (χ1) is 7.95. The molecule has 17 heavy (non-hydrogen) atoms. The molecule has 0 spiro atoms. The number of carbonyl (C=O) groups excluding carboxylic acids is 1. The molecule has 1 aromatic rings. The predicted octanol–water partition coefficient (Wildman–Crippen LogP) is 1.51. The molecule has 0 aromatic carbocycles. The van der Waals surface area contributed by atoms with Crippen LogP contribution < -0.4 is 5.73 Å². The van der Waals surface area contributed by atoms with E-state index in [-0.39, 0.29) is 11.4 Å². The molecule has 1 aliphatic carbocycles. The van der Waals surface area contributed by atoms with Gasteiger partial charge in [0.2, 0.25) is 0 Å². The number of hydrogen-bond acceptors (Lipinski definition) is 3. The van der Waals surface area contributed by atoms with Crippen molar-refractivity contribution >= 4 is 5.97 Å². The second kappa shape index (κ2) is 3.88. The van der Waals surface area contributed by atoms with Crippen LogP contribution in [0.5, 0.6) is 0 Å². The van der Waals surface area contributed by atoms with Crippen LogP contribution in [-0.4, -0.2) is 24.2 Å². The maximum Gasteiger partial charge on any atom is 0.354 e. The number of nitrogens with two attached hydrogens (primary N) is 1. The molecule has 0 aliphatic heterocycles. The Morgan fingerprint density at radius 2 is 2.18 bits per heavy atom. The van der Waals surface area contributed by atoms with Crippen molar-refractivity contribution in [2.45, 2.75) is 19.8 Å². The molecule has 94 valence electrons. The lowest BCUT2D eigenvalue weighted by atomic mass is 10.1. The van der Waals surface area contributed by atoms with Crippen molar-refractivity contribution in [3.05, 3.63) is 23.5 Å². The quantitative estimate of drug-likeness (QED) is 0.809. The van der Waals surface area contributed by atoms with E-state index in [1.807, 2.05) is 23.7 Å². The summed E-state index contributed by atoms with van der Waals surface area (Å²) in [7, 11) is 3.31. The molecule has 2 atom stereocenters. The van der Waals surface area contributed by atoms with Gasteiger partial charge in [-0.3, -0.25) is 0 Å². The zero-order valence-corrected chi connectivity index (χ0v) is 10.9. The average Bonchev–Trinajstić information content (AvgIpc) is 2.64. The summed E-state index contributed by atoms with van der Waals surface area (Å²) in [5.74, 6) is 0.652. The van der Waals surface area contributed by atoms with Gasteiger partial charge in [-0.15, -0.1) is 0 Å². The molecule has 1 fully saturated rings. The number of carbonyl (C=O) groups is 1. The number of rotatable bonds is 3. The van der Waals surface area contributed by atoms with E-state index in [1.165, 1.54) is 12.8 Å². The molecule has 2 N–H and O–H groups in total. The van der Waals surface area contributed by atoms with E-state index in [0.29, 0.717) is 24.1 Å². The van der Waals surface area contributed by atoms with E-state index in [9.17, 15) is 4.79 Å². The van der Waals surface area contributed by atoms with Gasteiger partial charge in [0.1, 0.15) is 5.69 Å². The van der Waals surface area contributed by atoms with E-state index in [0.717, 1.165) is 0 Å². The summed E-state index contributed by atoms with van der Waals surface area (Å²) in [6, 6.07) is 3.83. The van der Waals surface area contributed by atoms with Crippen molar-refractivity contribution in [2.75, 3.05) is 13.7 Å². The average molecular weight is 236 g/mol. The smallest absolute Gasteiger partial charge is 0.354 e. The first kappa shape index (κ1) is 12.2. The highest BCUT2D eigenvalue weighted by atomic mass is 16.5. The molecule has 1 aromatic heterocycles. The van der Waals surface area contributed by atoms with Crippen molar-refractivity contribution in [3.63, 3.8) is 0 Å². The Balaban J connectivity index is 2.31. The first-order valence-corrected chi connectivity index (χ1v) is 5.89. The van der Waals surface area contributed by atoms with Gasteiger partial charge in [0, 0.05) is 18.7 Å². The number of methoxy groups -OCH3 is 1. The Morgan fingerprint density at radius 1 is 1.53 bits per heavy atom. The summed E-state index contributed by atoms with van der Waals surface area (Å²) >= 11 is 0. The van der Waals surface area contributed by atoms with Gasteiger partial charge in [-0.2, -0.15) is 0 Å². The van der Waals surface area contributed by atoms with Gasteiger partial charge in [-0.25, -0.2) is 4.79 Å². The first-order valence-electron chi connectivity index (χ1n) is 5.89. The number of ether oxygens (including phenoxy) is 1. The number of nitrogens with zero attached hydrogens (tertiary/aromatic N) is 1. The molecule has 1 aliphatic rings. The molecule has 1 heterocycles. The van der Waals surface area contributed by atoms with Gasteiger partial charge in [0.25, 0.3) is 0 Å². The van der Waals surface area contributed by atoms with Gasteiger partial charge in [-0.05, 0) is 30.0 Å². The van der Waals surface area contributed by atoms with E-state index in [1.54, 1.807) is 0 Å². The van der Waals surface area contributed by atoms with Crippen LogP contribution >= 0.6 is 0 Å². The van der Waals surface area contributed by atoms with Crippen LogP contribution in [0, 0.1) is 11.3 Å². The minimum atomic E-state index is -0.290. The van der Waals surface area contributed by atoms with Gasteiger partial charge in [-0.1, -0.05) is 13.8 Å². The van der Waals surface area contributed by atoms with Crippen molar-refractivity contribution in [2.24, 2.45) is 24.1 Å². The summed E-state index contributed by atoms with van der Waals surface area (Å²) in [5, 5.41) is 0. The van der Waals surface area contributed by atoms with Crippen LogP contribution in [0.3, 0.4) is 0 Å². The molecule has 0 bridgehead atoms. The topological polar surface area (TPSA) is 57.2 Å². The third-order valence-corrected chi connectivity index (χ3v) is 4.18. The zero-order chi connectivity index (χ0) is 12.8. The lowest BCUT2D eigenvalue weighted by molar-refractivity contribution is 0.0589. The summed E-state index contributed by atoms with van der Waals surface area (Å²) in [6.45, 7) is 5.14. The normalized spacial score (nSPS) is 25.7. The SMILES string of the molecule is COC(=O)c1ccc([C@@H]2[C@@H](CN)C2(C)C)n1C. The zero-order valence-electron chi connectivity index (χ0n) is 10.9. The standard InChI is InChI=1S/C13H20N2O2/c1-13(2)8(7-14)11(13)9-5-6-10(15(9)3)12(16)17-4/h5-6,8,11H,7,14H2,1-4H3/t8-,11+/m1/s1. The van der Waals surface area contributed by atoms with Crippen LogP contribution in [-0.2, 0) is 11.8 Å². The Bertz CT molecular complexity index is 448. The predicted molar refractivity (Wildman–Crippen MR) is 65.8 cm³/mol. The molecule has 0 saturated heterocycles. The molecule has 0 unspecified atom stereocenters. The van der Waals surface area contributed by atoms with E-state index >= 15 is 0 Å². The molecular weight excluding hydrogens is 216 g/mol. The molecule has 0 radical (unpaired) electrons. The Hall–Kier alpha value is -1.29. The summed E-state index contributed by atoms with van der Waals surface area (Å²) < 4.78 is 6.68. The molecule has 0 amide bonds. The van der Waals surface area contributed by atoms with Crippen molar-refractivity contribution in [1.82, 2.24) is 4.57 Å². The molecule has 1 saturated carbocycles. The van der Waals surface area contributed by atoms with E-state index in [2.05, 4.69) is 13.8 Å². The van der Waals surface area contributed by atoms with Crippen LogP contribution in [0.1, 0.15) is 35.9 Å². The van der Waals surface area contributed by atoms with Crippen LogP contribution in [0.4, 0.5) is 0 Å². The van der Waals surface area contributed by atoms with E-state index in [4.69, 9.17) is 10.5 Å². The maximum atomic E-state index is 11.5. The monoisotopic (exact) mass is 236 g/mol. The van der Waals surface area contributed by atoms with Gasteiger partial charge in [0.05, 0.1) is 7.11 Å². The molecule has 4 heteroatoms. The molecule has 2 rings (SSSR count). The van der Waals surface area contributed by atoms with Gasteiger partial charge < -0.3 is 15.0 Å². The number of hydrogen-bond donors (Lipinski definition) is 1. The van der Waals surface area contributed by atoms with Gasteiger partial charge in [0.15, 0.2) is 0 Å². The Labute approximate surface area is 102 Å². The van der Waals surface area contributed by atoms with Crippen molar-refractivity contribution in [1.29, 1.82) is 0 Å². The highest BCUT2D eigenvalue weighted by molar-refractivity contribution is 5.87. The van der Waals surface area contributed by atoms with Gasteiger partial charge >= 0.3 is 5.97 Å². The fraction of sp³-hybridized carbons (Fsp3) is 0.615. The van der Waals surface area contributed by atoms with Crippen LogP contribution in [0.2, 0.25) is 0 Å². The largest absolute Gasteiger partial charge is 0.464 e. The highest BCUT2D eigenvalue weighted by Gasteiger charge is 2.58. The van der Waals surface area contributed by atoms with E-state index < -0.39 is 0 Å². The fourth-order valence-electron chi connectivity index (χ4n) is 2.92. The molecule has 4 nitrogen and oxygen atoms in total. The molecular formula is C13H20N2O2. The second-order valence-corrected chi connectivity index (χ2v) is 5.34. The maximum absolute atomic E-state index is 11.5. The lowest BCUT2D eigenvalue weighted by Gasteiger charge is -2.07. The third-order valence-electron chi connectivity index (χ3n) is 4.18. The summed E-state index contributed by atoms with van der Waals surface area (Å²) in [4.78, 5) is 11.5. The fourth-order valence-corrected chi connectivity index (χ4v) is 2.92. The number of aromatic nitrogens is 1. The van der Waals surface area contributed by atoms with Crippen LogP contribution in [0.25, 0.3) is 0 Å². The summed E-state index contributed by atoms with van der Waals surface area (Å²) in [6.07, 6.45) is 0. The minimum Gasteiger partial charge on any atom is -0.464 e. The Kier molecular flexibility index (Phi) is 2.78. The number of esters is 1. The minimum absolute atomic E-state index is 0.230.